The van der Waals surface area contributed by atoms with Crippen molar-refractivity contribution in [2.24, 2.45) is 0 Å². The molecule has 14 heavy (non-hydrogen) atoms. The predicted molar refractivity (Wildman–Crippen MR) is 56.4 cm³/mol. The van der Waals surface area contributed by atoms with Gasteiger partial charge in [0.1, 0.15) is 0 Å². The molecule has 82 valence electrons. The van der Waals surface area contributed by atoms with Crippen molar-refractivity contribution in [1.82, 2.24) is 0 Å². The molecule has 0 aromatic rings. The first-order chi connectivity index (χ1) is 6.62. The van der Waals surface area contributed by atoms with Gasteiger partial charge in [-0.15, -0.1) is 0 Å². The van der Waals surface area contributed by atoms with E-state index in [-0.39, 0.29) is 11.7 Å². The van der Waals surface area contributed by atoms with Crippen LogP contribution in [0.2, 0.25) is 0 Å². The van der Waals surface area contributed by atoms with E-state index in [2.05, 4.69) is 20.8 Å². The molecule has 1 atom stereocenters. The van der Waals surface area contributed by atoms with Crippen LogP contribution in [-0.4, -0.2) is 23.9 Å². The van der Waals surface area contributed by atoms with E-state index in [9.17, 15) is 0 Å². The minimum atomic E-state index is -0.0987. The zero-order valence-electron chi connectivity index (χ0n) is 9.58. The average Bonchev–Trinajstić information content (AvgIpc) is 2.92. The van der Waals surface area contributed by atoms with Crippen molar-refractivity contribution in [2.75, 3.05) is 0 Å². The van der Waals surface area contributed by atoms with E-state index in [1.807, 2.05) is 0 Å². The third-order valence-corrected chi connectivity index (χ3v) is 3.02. The van der Waals surface area contributed by atoms with Gasteiger partial charge in [0.25, 0.3) is 0 Å². The molecule has 0 bridgehead atoms. The van der Waals surface area contributed by atoms with Crippen molar-refractivity contribution in [3.63, 3.8) is 0 Å². The van der Waals surface area contributed by atoms with Crippen LogP contribution in [0.3, 0.4) is 0 Å². The SMILES string of the molecule is CCC(OC1CC1)C(C)(C)OC1CC1. The number of rotatable bonds is 6. The van der Waals surface area contributed by atoms with Crippen molar-refractivity contribution in [1.29, 1.82) is 0 Å². The van der Waals surface area contributed by atoms with E-state index < -0.39 is 0 Å². The van der Waals surface area contributed by atoms with Gasteiger partial charge in [-0.2, -0.15) is 0 Å². The maximum Gasteiger partial charge on any atom is 0.0890 e. The Bertz CT molecular complexity index is 192. The Balaban J connectivity index is 1.85. The second-order valence-corrected chi connectivity index (χ2v) is 5.15. The Hall–Kier alpha value is -0.0800. The third kappa shape index (κ3) is 2.71. The van der Waals surface area contributed by atoms with Crippen LogP contribution in [-0.2, 0) is 9.47 Å². The summed E-state index contributed by atoms with van der Waals surface area (Å²) < 4.78 is 12.0. The minimum absolute atomic E-state index is 0.0987. The molecule has 2 rings (SSSR count). The van der Waals surface area contributed by atoms with Crippen LogP contribution < -0.4 is 0 Å². The summed E-state index contributed by atoms with van der Waals surface area (Å²) in [6.07, 6.45) is 7.34. The molecule has 0 aromatic heterocycles. The molecule has 0 aromatic carbocycles. The average molecular weight is 198 g/mol. The van der Waals surface area contributed by atoms with Crippen LogP contribution in [0, 0.1) is 0 Å². The highest BCUT2D eigenvalue weighted by Crippen LogP contribution is 2.35. The van der Waals surface area contributed by atoms with E-state index in [1.165, 1.54) is 25.7 Å². The Morgan fingerprint density at radius 2 is 1.71 bits per heavy atom. The fraction of sp³-hybridized carbons (Fsp3) is 1.00. The largest absolute Gasteiger partial charge is 0.372 e. The molecule has 0 N–H and O–H groups in total. The predicted octanol–water partition coefficient (Wildman–Crippen LogP) is 2.90. The van der Waals surface area contributed by atoms with Crippen molar-refractivity contribution in [3.05, 3.63) is 0 Å². The fourth-order valence-electron chi connectivity index (χ4n) is 1.88. The Morgan fingerprint density at radius 1 is 1.14 bits per heavy atom. The highest BCUT2D eigenvalue weighted by molar-refractivity contribution is 4.87. The van der Waals surface area contributed by atoms with E-state index in [0.29, 0.717) is 12.2 Å². The number of ether oxygens (including phenoxy) is 2. The van der Waals surface area contributed by atoms with Gasteiger partial charge in [-0.25, -0.2) is 0 Å². The lowest BCUT2D eigenvalue weighted by Gasteiger charge is -2.34. The molecule has 0 amide bonds. The molecule has 0 saturated heterocycles. The molecule has 2 fully saturated rings. The van der Waals surface area contributed by atoms with Crippen LogP contribution in [0.5, 0.6) is 0 Å². The van der Waals surface area contributed by atoms with Crippen LogP contribution in [0.4, 0.5) is 0 Å². The molecular formula is C12H22O2. The molecule has 0 aliphatic heterocycles. The molecule has 2 aliphatic carbocycles. The number of hydrogen-bond donors (Lipinski definition) is 0. The van der Waals surface area contributed by atoms with Gasteiger partial charge in [0.2, 0.25) is 0 Å². The molecule has 2 heteroatoms. The lowest BCUT2D eigenvalue weighted by Crippen LogP contribution is -2.41. The van der Waals surface area contributed by atoms with Gasteiger partial charge >= 0.3 is 0 Å². The van der Waals surface area contributed by atoms with Crippen LogP contribution in [0.15, 0.2) is 0 Å². The highest BCUT2D eigenvalue weighted by Gasteiger charge is 2.39. The van der Waals surface area contributed by atoms with Gasteiger partial charge in [0.05, 0.1) is 23.9 Å². The molecule has 2 saturated carbocycles. The zero-order chi connectivity index (χ0) is 10.2. The van der Waals surface area contributed by atoms with Gasteiger partial charge < -0.3 is 9.47 Å². The summed E-state index contributed by atoms with van der Waals surface area (Å²) in [4.78, 5) is 0. The molecular weight excluding hydrogens is 176 g/mol. The number of hydrogen-bond acceptors (Lipinski definition) is 2. The summed E-state index contributed by atoms with van der Waals surface area (Å²) in [5.74, 6) is 0. The maximum atomic E-state index is 6.01. The van der Waals surface area contributed by atoms with Gasteiger partial charge in [-0.3, -0.25) is 0 Å². The minimum Gasteiger partial charge on any atom is -0.372 e. The van der Waals surface area contributed by atoms with Gasteiger partial charge in [-0.1, -0.05) is 6.92 Å². The smallest absolute Gasteiger partial charge is 0.0890 e. The highest BCUT2D eigenvalue weighted by atomic mass is 16.6. The summed E-state index contributed by atoms with van der Waals surface area (Å²) >= 11 is 0. The Kier molecular flexibility index (Phi) is 2.85. The van der Waals surface area contributed by atoms with Gasteiger partial charge in [0, 0.05) is 0 Å². The quantitative estimate of drug-likeness (QED) is 0.653. The van der Waals surface area contributed by atoms with Crippen molar-refractivity contribution in [2.45, 2.75) is 76.8 Å². The van der Waals surface area contributed by atoms with Gasteiger partial charge in [0.15, 0.2) is 0 Å². The fourth-order valence-corrected chi connectivity index (χ4v) is 1.88. The molecule has 2 aliphatic rings. The second-order valence-electron chi connectivity index (χ2n) is 5.15. The zero-order valence-corrected chi connectivity index (χ0v) is 9.58. The van der Waals surface area contributed by atoms with Crippen LogP contribution in [0.25, 0.3) is 0 Å². The van der Waals surface area contributed by atoms with Gasteiger partial charge in [-0.05, 0) is 46.0 Å². The summed E-state index contributed by atoms with van der Waals surface area (Å²) in [7, 11) is 0. The summed E-state index contributed by atoms with van der Waals surface area (Å²) in [6.45, 7) is 6.52. The molecule has 1 unspecified atom stereocenters. The monoisotopic (exact) mass is 198 g/mol. The van der Waals surface area contributed by atoms with E-state index in [0.717, 1.165) is 6.42 Å². The normalized spacial score (nSPS) is 25.1. The van der Waals surface area contributed by atoms with E-state index >= 15 is 0 Å². The van der Waals surface area contributed by atoms with Crippen LogP contribution >= 0.6 is 0 Å². The first-order valence-corrected chi connectivity index (χ1v) is 5.95. The Morgan fingerprint density at radius 3 is 2.14 bits per heavy atom. The maximum absolute atomic E-state index is 6.01. The van der Waals surface area contributed by atoms with Crippen molar-refractivity contribution in [3.8, 4) is 0 Å². The molecule has 0 radical (unpaired) electrons. The third-order valence-electron chi connectivity index (χ3n) is 3.02. The molecule has 2 nitrogen and oxygen atoms in total. The standard InChI is InChI=1S/C12H22O2/c1-4-11(13-9-5-6-9)12(2,3)14-10-7-8-10/h9-11H,4-8H2,1-3H3. The first-order valence-electron chi connectivity index (χ1n) is 5.95. The van der Waals surface area contributed by atoms with E-state index in [1.54, 1.807) is 0 Å². The van der Waals surface area contributed by atoms with Crippen molar-refractivity contribution < 1.29 is 9.47 Å². The van der Waals surface area contributed by atoms with E-state index in [4.69, 9.17) is 9.47 Å². The first kappa shape index (κ1) is 10.4. The van der Waals surface area contributed by atoms with Crippen molar-refractivity contribution >= 4 is 0 Å². The summed E-state index contributed by atoms with van der Waals surface area (Å²) in [6, 6.07) is 0. The molecule has 0 spiro atoms. The second kappa shape index (κ2) is 3.82. The Labute approximate surface area is 87.0 Å². The topological polar surface area (TPSA) is 18.5 Å². The van der Waals surface area contributed by atoms with Crippen LogP contribution in [0.1, 0.15) is 52.9 Å². The molecule has 0 heterocycles. The summed E-state index contributed by atoms with van der Waals surface area (Å²) in [5, 5.41) is 0. The lowest BCUT2D eigenvalue weighted by atomic mass is 9.99. The summed E-state index contributed by atoms with van der Waals surface area (Å²) in [5.41, 5.74) is -0.0987. The lowest BCUT2D eigenvalue weighted by molar-refractivity contribution is -0.139.